The summed E-state index contributed by atoms with van der Waals surface area (Å²) >= 11 is 0. The fourth-order valence-corrected chi connectivity index (χ4v) is 6.03. The van der Waals surface area contributed by atoms with E-state index in [-0.39, 0.29) is 23.7 Å². The molecule has 0 spiro atoms. The van der Waals surface area contributed by atoms with E-state index in [9.17, 15) is 9.59 Å². The molecule has 5 rings (SSSR count). The number of fused-ring (bicyclic) bond motifs is 1. The zero-order valence-electron chi connectivity index (χ0n) is 19.7. The topological polar surface area (TPSA) is 67.7 Å². The number of aromatic nitrogens is 2. The molecule has 1 aromatic carbocycles. The highest BCUT2D eigenvalue weighted by Crippen LogP contribution is 2.37. The van der Waals surface area contributed by atoms with E-state index in [1.54, 1.807) is 0 Å². The minimum atomic E-state index is -0.186. The number of hydrogen-bond donors (Lipinski definition) is 0. The van der Waals surface area contributed by atoms with E-state index >= 15 is 0 Å². The molecule has 1 saturated carbocycles. The van der Waals surface area contributed by atoms with Crippen molar-refractivity contribution in [2.75, 3.05) is 37.7 Å². The molecule has 1 aromatic heterocycles. The number of para-hydroxylation sites is 2. The molecule has 0 bridgehead atoms. The third-order valence-electron chi connectivity index (χ3n) is 7.67. The first-order chi connectivity index (χ1) is 16.2. The van der Waals surface area contributed by atoms with Gasteiger partial charge in [0.25, 0.3) is 0 Å². The maximum absolute atomic E-state index is 13.5. The van der Waals surface area contributed by atoms with E-state index in [4.69, 9.17) is 9.72 Å². The largest absolute Gasteiger partial charge is 0.466 e. The lowest BCUT2D eigenvalue weighted by atomic mass is 9.93. The number of rotatable bonds is 5. The highest BCUT2D eigenvalue weighted by Gasteiger charge is 2.36. The van der Waals surface area contributed by atoms with Crippen molar-refractivity contribution >= 4 is 28.9 Å². The molecule has 7 nitrogen and oxygen atoms in total. The van der Waals surface area contributed by atoms with Crippen LogP contribution in [0.5, 0.6) is 0 Å². The smallest absolute Gasteiger partial charge is 0.310 e. The second kappa shape index (κ2) is 9.74. The van der Waals surface area contributed by atoms with E-state index < -0.39 is 0 Å². The lowest BCUT2D eigenvalue weighted by molar-refractivity contribution is -0.152. The van der Waals surface area contributed by atoms with Crippen molar-refractivity contribution in [3.05, 3.63) is 24.3 Å². The Hall–Kier alpha value is -2.57. The number of anilines is 1. The van der Waals surface area contributed by atoms with Crippen LogP contribution in [-0.2, 0) is 14.3 Å². The summed E-state index contributed by atoms with van der Waals surface area (Å²) < 4.78 is 7.68. The summed E-state index contributed by atoms with van der Waals surface area (Å²) in [7, 11) is 0. The van der Waals surface area contributed by atoms with Crippen LogP contribution in [0.15, 0.2) is 24.3 Å². The summed E-state index contributed by atoms with van der Waals surface area (Å²) in [5, 5.41) is 0. The van der Waals surface area contributed by atoms with Crippen molar-refractivity contribution in [3.8, 4) is 0 Å². The molecule has 0 radical (unpaired) electrons. The van der Waals surface area contributed by atoms with E-state index in [1.807, 2.05) is 11.8 Å². The van der Waals surface area contributed by atoms with Gasteiger partial charge >= 0.3 is 5.97 Å². The Labute approximate surface area is 196 Å². The van der Waals surface area contributed by atoms with Gasteiger partial charge in [0.2, 0.25) is 11.9 Å². The number of nitrogens with zero attached hydrogens (tertiary/aromatic N) is 4. The molecular formula is C26H36N4O3. The predicted octanol–water partition coefficient (Wildman–Crippen LogP) is 4.17. The van der Waals surface area contributed by atoms with Gasteiger partial charge < -0.3 is 19.1 Å². The van der Waals surface area contributed by atoms with Crippen LogP contribution < -0.4 is 4.90 Å². The standard InChI is InChI=1S/C26H36N4O3/c1-2-33-25(32)20-10-8-15-28(18-20)24(31)19-9-7-16-29(17-19)26-27-22-13-5-6-14-23(22)30(26)21-11-3-4-12-21/h5-6,13-14,19-21H,2-4,7-12,15-18H2,1H3. The summed E-state index contributed by atoms with van der Waals surface area (Å²) in [5.74, 6) is 0.830. The molecule has 3 fully saturated rings. The number of ether oxygens (including phenoxy) is 1. The van der Waals surface area contributed by atoms with Gasteiger partial charge in [-0.1, -0.05) is 25.0 Å². The Balaban J connectivity index is 1.34. The molecule has 2 aliphatic heterocycles. The summed E-state index contributed by atoms with van der Waals surface area (Å²) in [6.07, 6.45) is 8.51. The van der Waals surface area contributed by atoms with Gasteiger partial charge in [-0.15, -0.1) is 0 Å². The second-order valence-corrected chi connectivity index (χ2v) is 9.87. The Morgan fingerprint density at radius 3 is 2.55 bits per heavy atom. The maximum atomic E-state index is 13.5. The van der Waals surface area contributed by atoms with Crippen LogP contribution >= 0.6 is 0 Å². The fraction of sp³-hybridized carbons (Fsp3) is 0.654. The quantitative estimate of drug-likeness (QED) is 0.637. The summed E-state index contributed by atoms with van der Waals surface area (Å²) in [6.45, 7) is 5.10. The number of benzene rings is 1. The molecule has 0 N–H and O–H groups in total. The first-order valence-corrected chi connectivity index (χ1v) is 12.8. The fourth-order valence-electron chi connectivity index (χ4n) is 6.03. The number of piperidine rings is 2. The summed E-state index contributed by atoms with van der Waals surface area (Å²) in [4.78, 5) is 35.0. The number of carbonyl (C=O) groups is 2. The van der Waals surface area contributed by atoms with Crippen LogP contribution in [0.4, 0.5) is 5.95 Å². The van der Waals surface area contributed by atoms with Crippen molar-refractivity contribution in [3.63, 3.8) is 0 Å². The SMILES string of the molecule is CCOC(=O)C1CCCN(C(=O)C2CCCN(c3nc4ccccc4n3C3CCCC3)C2)C1. The van der Waals surface area contributed by atoms with Crippen molar-refractivity contribution in [1.29, 1.82) is 0 Å². The number of esters is 1. The minimum Gasteiger partial charge on any atom is -0.466 e. The molecule has 2 saturated heterocycles. The first kappa shape index (κ1) is 22.2. The Bertz CT molecular complexity index is 997. The van der Waals surface area contributed by atoms with E-state index in [0.717, 1.165) is 50.2 Å². The predicted molar refractivity (Wildman–Crippen MR) is 128 cm³/mol. The summed E-state index contributed by atoms with van der Waals surface area (Å²) in [6, 6.07) is 8.92. The van der Waals surface area contributed by atoms with Gasteiger partial charge in [-0.2, -0.15) is 0 Å². The van der Waals surface area contributed by atoms with Gasteiger partial charge in [-0.3, -0.25) is 9.59 Å². The van der Waals surface area contributed by atoms with Gasteiger partial charge in [0.05, 0.1) is 29.5 Å². The number of imidazole rings is 1. The molecule has 1 aliphatic carbocycles. The molecule has 178 valence electrons. The van der Waals surface area contributed by atoms with E-state index in [0.29, 0.717) is 25.7 Å². The molecule has 2 unspecified atom stereocenters. The Morgan fingerprint density at radius 2 is 1.73 bits per heavy atom. The van der Waals surface area contributed by atoms with Gasteiger partial charge in [0, 0.05) is 32.2 Å². The molecule has 33 heavy (non-hydrogen) atoms. The highest BCUT2D eigenvalue weighted by molar-refractivity contribution is 5.82. The third kappa shape index (κ3) is 4.46. The highest BCUT2D eigenvalue weighted by atomic mass is 16.5. The number of likely N-dealkylation sites (tertiary alicyclic amines) is 1. The van der Waals surface area contributed by atoms with E-state index in [1.165, 1.54) is 31.2 Å². The van der Waals surface area contributed by atoms with Crippen LogP contribution in [0.2, 0.25) is 0 Å². The van der Waals surface area contributed by atoms with Gasteiger partial charge in [0.15, 0.2) is 0 Å². The molecule has 3 aliphatic rings. The van der Waals surface area contributed by atoms with E-state index in [2.05, 4.69) is 33.7 Å². The van der Waals surface area contributed by atoms with Gasteiger partial charge in [-0.05, 0) is 57.6 Å². The van der Waals surface area contributed by atoms with Gasteiger partial charge in [0.1, 0.15) is 0 Å². The van der Waals surface area contributed by atoms with Crippen molar-refractivity contribution in [1.82, 2.24) is 14.5 Å². The van der Waals surface area contributed by atoms with Crippen molar-refractivity contribution in [2.45, 2.75) is 64.3 Å². The number of hydrogen-bond acceptors (Lipinski definition) is 5. The van der Waals surface area contributed by atoms with Crippen LogP contribution in [0, 0.1) is 11.8 Å². The lowest BCUT2D eigenvalue weighted by Crippen LogP contribution is -2.49. The van der Waals surface area contributed by atoms with Crippen molar-refractivity contribution in [2.24, 2.45) is 11.8 Å². The molecular weight excluding hydrogens is 416 g/mol. The molecule has 7 heteroatoms. The number of carbonyl (C=O) groups excluding carboxylic acids is 2. The minimum absolute atomic E-state index is 0.0449. The Morgan fingerprint density at radius 1 is 0.970 bits per heavy atom. The van der Waals surface area contributed by atoms with Crippen LogP contribution in [0.1, 0.15) is 64.3 Å². The molecule has 3 heterocycles. The zero-order chi connectivity index (χ0) is 22.8. The lowest BCUT2D eigenvalue weighted by Gasteiger charge is -2.38. The maximum Gasteiger partial charge on any atom is 0.310 e. The molecule has 2 aromatic rings. The summed E-state index contributed by atoms with van der Waals surface area (Å²) in [5.41, 5.74) is 2.25. The third-order valence-corrected chi connectivity index (χ3v) is 7.67. The second-order valence-electron chi connectivity index (χ2n) is 9.87. The first-order valence-electron chi connectivity index (χ1n) is 12.8. The van der Waals surface area contributed by atoms with Crippen LogP contribution in [-0.4, -0.2) is 59.1 Å². The average Bonchev–Trinajstić information content (AvgIpc) is 3.51. The zero-order valence-corrected chi connectivity index (χ0v) is 19.7. The van der Waals surface area contributed by atoms with Crippen molar-refractivity contribution < 1.29 is 14.3 Å². The average molecular weight is 453 g/mol. The normalized spacial score (nSPS) is 24.4. The number of amides is 1. The molecule has 2 atom stereocenters. The van der Waals surface area contributed by atoms with Crippen LogP contribution in [0.25, 0.3) is 11.0 Å². The van der Waals surface area contributed by atoms with Crippen LogP contribution in [0.3, 0.4) is 0 Å². The Kier molecular flexibility index (Phi) is 6.56. The molecule has 1 amide bonds. The van der Waals surface area contributed by atoms with Gasteiger partial charge in [-0.25, -0.2) is 4.98 Å². The monoisotopic (exact) mass is 452 g/mol.